The predicted molar refractivity (Wildman–Crippen MR) is 269 cm³/mol. The number of hydrogen-bond donors (Lipinski definition) is 4. The summed E-state index contributed by atoms with van der Waals surface area (Å²) in [4.78, 5) is 31.1. The van der Waals surface area contributed by atoms with Crippen LogP contribution in [-0.2, 0) is 9.59 Å². The average molecular weight is 916 g/mol. The van der Waals surface area contributed by atoms with Crippen molar-refractivity contribution >= 4 is 33.8 Å². The van der Waals surface area contributed by atoms with Gasteiger partial charge in [-0.2, -0.15) is 0 Å². The third-order valence-electron chi connectivity index (χ3n) is 13.1. The van der Waals surface area contributed by atoms with E-state index in [9.17, 15) is 30.0 Å². The van der Waals surface area contributed by atoms with Crippen LogP contribution in [0.3, 0.4) is 0 Å². The first-order valence-electron chi connectivity index (χ1n) is 26.6. The van der Waals surface area contributed by atoms with Crippen LogP contribution in [0.5, 0.6) is 0 Å². The second-order valence-corrected chi connectivity index (χ2v) is 21.4. The summed E-state index contributed by atoms with van der Waals surface area (Å²) >= 11 is 2.79. The Hall–Kier alpha value is -0.200. The molecule has 0 aromatic heterocycles. The fraction of sp³-hybridized carbons (Fsp3) is 0.962. The van der Waals surface area contributed by atoms with E-state index in [0.717, 1.165) is 103 Å². The molecule has 0 spiro atoms. The maximum Gasteiger partial charge on any atom is 0.192 e. The van der Waals surface area contributed by atoms with E-state index in [1.54, 1.807) is 0 Å². The highest BCUT2D eigenvalue weighted by Gasteiger charge is 2.30. The Balaban J connectivity index is 2.57. The zero-order chi connectivity index (χ0) is 45.5. The van der Waals surface area contributed by atoms with Gasteiger partial charge in [-0.15, -0.1) is 0 Å². The molecule has 0 saturated heterocycles. The van der Waals surface area contributed by atoms with Crippen LogP contribution in [0, 0.1) is 11.8 Å². The number of hydrogen-bond acceptors (Lipinski definition) is 10. The first-order valence-corrected chi connectivity index (χ1v) is 28.6. The Morgan fingerprint density at radius 1 is 0.403 bits per heavy atom. The lowest BCUT2D eigenvalue weighted by Crippen LogP contribution is -2.39. The zero-order valence-corrected chi connectivity index (χ0v) is 42.7. The molecule has 0 heterocycles. The van der Waals surface area contributed by atoms with Crippen LogP contribution in [-0.4, -0.2) is 116 Å². The van der Waals surface area contributed by atoms with Crippen molar-refractivity contribution in [2.45, 2.75) is 258 Å². The molecule has 1 saturated carbocycles. The van der Waals surface area contributed by atoms with Crippen molar-refractivity contribution < 1.29 is 30.0 Å². The molecule has 4 N–H and O–H groups in total. The topological polar surface area (TPSA) is 122 Å². The van der Waals surface area contributed by atoms with Crippen LogP contribution in [0.4, 0.5) is 0 Å². The van der Waals surface area contributed by atoms with Crippen molar-refractivity contribution in [2.24, 2.45) is 11.8 Å². The van der Waals surface area contributed by atoms with Gasteiger partial charge in [-0.3, -0.25) is 19.4 Å². The summed E-state index contributed by atoms with van der Waals surface area (Å²) in [6.45, 7) is 12.4. The molecule has 62 heavy (non-hydrogen) atoms. The third-order valence-corrected chi connectivity index (χ3v) is 15.1. The molecule has 4 unspecified atom stereocenters. The van der Waals surface area contributed by atoms with E-state index in [1.807, 2.05) is 0 Å². The molecule has 0 radical (unpaired) electrons. The summed E-state index contributed by atoms with van der Waals surface area (Å²) in [6, 6.07) is 0. The summed E-state index contributed by atoms with van der Waals surface area (Å²) < 4.78 is 0. The average Bonchev–Trinajstić information content (AvgIpc) is 3.25. The summed E-state index contributed by atoms with van der Waals surface area (Å²) in [5.41, 5.74) is 0. The highest BCUT2D eigenvalue weighted by atomic mass is 32.2. The van der Waals surface area contributed by atoms with E-state index in [1.165, 1.54) is 126 Å². The van der Waals surface area contributed by atoms with Crippen molar-refractivity contribution in [2.75, 3.05) is 50.8 Å². The monoisotopic (exact) mass is 915 g/mol. The summed E-state index contributed by atoms with van der Waals surface area (Å²) in [6.07, 6.45) is 33.2. The molecule has 0 bridgehead atoms. The second-order valence-electron chi connectivity index (χ2n) is 19.2. The molecule has 8 nitrogen and oxygen atoms in total. The van der Waals surface area contributed by atoms with Crippen LogP contribution in [0.15, 0.2) is 0 Å². The minimum absolute atomic E-state index is 0.0177. The molecule has 1 fully saturated rings. The lowest BCUT2D eigenvalue weighted by molar-refractivity contribution is -0.119. The molecule has 368 valence electrons. The lowest BCUT2D eigenvalue weighted by Gasteiger charge is -2.29. The van der Waals surface area contributed by atoms with Crippen LogP contribution >= 0.6 is 23.5 Å². The molecule has 1 aliphatic rings. The number of thioether (sulfide) groups is 2. The minimum atomic E-state index is -0.417. The summed E-state index contributed by atoms with van der Waals surface area (Å²) in [5.74, 6) is 1.27. The van der Waals surface area contributed by atoms with Gasteiger partial charge in [0.25, 0.3) is 0 Å². The Kier molecular flexibility index (Phi) is 40.7. The van der Waals surface area contributed by atoms with Crippen molar-refractivity contribution in [1.29, 1.82) is 0 Å². The molecule has 1 rings (SSSR count). The van der Waals surface area contributed by atoms with E-state index in [2.05, 4.69) is 37.5 Å². The fourth-order valence-electron chi connectivity index (χ4n) is 9.06. The van der Waals surface area contributed by atoms with Gasteiger partial charge in [0.1, 0.15) is 0 Å². The molecule has 10 heteroatoms. The second kappa shape index (κ2) is 42.2. The molecule has 4 atom stereocenters. The Labute approximate surface area is 392 Å². The molecular formula is C52H102N2O6S2. The standard InChI is InChI=1S/C52H102N2O6S2/c1-5-9-13-17-21-25-29-47(55)41-53(42-48(56)30-26-22-18-14-10-6-2)37-39-61-51(59)45-33-35-46(36-34-45)52(60)62-40-38-54(43-49(57)31-27-23-19-15-11-7-3)44-50(58)32-28-24-20-16-12-8-4/h45-50,55-58H,5-44H2,1-4H3. The van der Waals surface area contributed by atoms with E-state index >= 15 is 0 Å². The zero-order valence-electron chi connectivity index (χ0n) is 41.1. The van der Waals surface area contributed by atoms with Gasteiger partial charge < -0.3 is 20.4 Å². The first-order chi connectivity index (χ1) is 30.1. The van der Waals surface area contributed by atoms with Crippen molar-refractivity contribution in [3.63, 3.8) is 0 Å². The van der Waals surface area contributed by atoms with E-state index in [-0.39, 0.29) is 22.1 Å². The Morgan fingerprint density at radius 2 is 0.629 bits per heavy atom. The van der Waals surface area contributed by atoms with E-state index < -0.39 is 24.4 Å². The largest absolute Gasteiger partial charge is 0.392 e. The van der Waals surface area contributed by atoms with Gasteiger partial charge in [0.05, 0.1) is 24.4 Å². The Morgan fingerprint density at radius 3 is 0.871 bits per heavy atom. The fourth-order valence-corrected chi connectivity index (χ4v) is 11.1. The van der Waals surface area contributed by atoms with Gasteiger partial charge >= 0.3 is 0 Å². The number of nitrogens with zero attached hydrogens (tertiary/aromatic N) is 2. The van der Waals surface area contributed by atoms with E-state index in [4.69, 9.17) is 0 Å². The number of carbonyl (C=O) groups excluding carboxylic acids is 2. The van der Waals surface area contributed by atoms with Gasteiger partial charge in [-0.25, -0.2) is 0 Å². The van der Waals surface area contributed by atoms with Gasteiger partial charge in [-0.05, 0) is 51.4 Å². The highest BCUT2D eigenvalue weighted by molar-refractivity contribution is 8.13. The van der Waals surface area contributed by atoms with Gasteiger partial charge in [0, 0.05) is 62.6 Å². The van der Waals surface area contributed by atoms with Crippen molar-refractivity contribution in [3.05, 3.63) is 0 Å². The van der Waals surface area contributed by atoms with Crippen molar-refractivity contribution in [3.8, 4) is 0 Å². The molecule has 1 aliphatic carbocycles. The van der Waals surface area contributed by atoms with Gasteiger partial charge in [0.2, 0.25) is 0 Å². The lowest BCUT2D eigenvalue weighted by atomic mass is 9.83. The van der Waals surface area contributed by atoms with Crippen LogP contribution in [0.1, 0.15) is 233 Å². The number of carbonyl (C=O) groups is 2. The maximum atomic E-state index is 13.4. The van der Waals surface area contributed by atoms with E-state index in [0.29, 0.717) is 50.8 Å². The van der Waals surface area contributed by atoms with Crippen LogP contribution < -0.4 is 0 Å². The Bertz CT molecular complexity index is 892. The third kappa shape index (κ3) is 34.2. The van der Waals surface area contributed by atoms with Crippen molar-refractivity contribution in [1.82, 2.24) is 9.80 Å². The molecular weight excluding hydrogens is 813 g/mol. The molecule has 0 aromatic carbocycles. The first kappa shape index (κ1) is 59.8. The van der Waals surface area contributed by atoms with Crippen LogP contribution in [0.2, 0.25) is 0 Å². The van der Waals surface area contributed by atoms with Crippen LogP contribution in [0.25, 0.3) is 0 Å². The van der Waals surface area contributed by atoms with Gasteiger partial charge in [0.15, 0.2) is 10.2 Å². The SMILES string of the molecule is CCCCCCCCC(O)CN(CCSC(=O)C1CCC(C(=O)SCCN(CC(O)CCCCCCCC)CC(O)CCCCCCCC)CC1)CC(O)CCCCCCCC. The summed E-state index contributed by atoms with van der Waals surface area (Å²) in [7, 11) is 0. The highest BCUT2D eigenvalue weighted by Crippen LogP contribution is 2.34. The minimum Gasteiger partial charge on any atom is -0.392 e. The molecule has 0 aliphatic heterocycles. The molecule has 0 amide bonds. The van der Waals surface area contributed by atoms with Gasteiger partial charge in [-0.1, -0.05) is 205 Å². The predicted octanol–water partition coefficient (Wildman–Crippen LogP) is 12.4. The number of aliphatic hydroxyl groups excluding tert-OH is 4. The number of unbranched alkanes of at least 4 members (excludes halogenated alkanes) is 20. The smallest absolute Gasteiger partial charge is 0.192 e. The number of aliphatic hydroxyl groups is 4. The molecule has 0 aromatic rings. The summed E-state index contributed by atoms with van der Waals surface area (Å²) in [5, 5.41) is 44.2. The quantitative estimate of drug-likeness (QED) is 0.0440. The maximum absolute atomic E-state index is 13.4. The normalized spacial score (nSPS) is 17.8. The number of rotatable bonds is 44.